The molecule has 1 heterocycles. The monoisotopic (exact) mass is 314 g/mol. The molecule has 1 unspecified atom stereocenters. The summed E-state index contributed by atoms with van der Waals surface area (Å²) in [4.78, 5) is 23.9. The minimum absolute atomic E-state index is 0.0159. The van der Waals surface area contributed by atoms with Gasteiger partial charge in [0.1, 0.15) is 0 Å². The Labute approximate surface area is 133 Å². The topological polar surface area (TPSA) is 54.4 Å². The van der Waals surface area contributed by atoms with Crippen molar-refractivity contribution in [1.82, 2.24) is 0 Å². The maximum atomic E-state index is 12.3. The molecular formula is C18H18O3S. The molecule has 2 aromatic rings. The zero-order chi connectivity index (χ0) is 15.5. The van der Waals surface area contributed by atoms with E-state index in [1.165, 1.54) is 11.3 Å². The molecule has 114 valence electrons. The highest BCUT2D eigenvalue weighted by Crippen LogP contribution is 2.35. The zero-order valence-electron chi connectivity index (χ0n) is 12.2. The first-order valence-electron chi connectivity index (χ1n) is 7.56. The quantitative estimate of drug-likeness (QED) is 0.651. The lowest BCUT2D eigenvalue weighted by Crippen LogP contribution is -2.11. The fourth-order valence-electron chi connectivity index (χ4n) is 3.19. The maximum Gasteiger partial charge on any atom is 0.303 e. The molecule has 4 heteroatoms. The van der Waals surface area contributed by atoms with E-state index in [9.17, 15) is 9.59 Å². The van der Waals surface area contributed by atoms with Gasteiger partial charge < -0.3 is 5.11 Å². The van der Waals surface area contributed by atoms with Crippen LogP contribution in [0.4, 0.5) is 0 Å². The van der Waals surface area contributed by atoms with E-state index >= 15 is 0 Å². The van der Waals surface area contributed by atoms with Gasteiger partial charge in [-0.2, -0.15) is 0 Å². The van der Waals surface area contributed by atoms with Crippen molar-refractivity contribution >= 4 is 33.2 Å². The largest absolute Gasteiger partial charge is 0.481 e. The number of carboxylic acid groups (broad SMARTS) is 1. The molecule has 0 saturated heterocycles. The van der Waals surface area contributed by atoms with Gasteiger partial charge in [-0.05, 0) is 48.3 Å². The van der Waals surface area contributed by atoms with Crippen molar-refractivity contribution in [2.75, 3.05) is 0 Å². The van der Waals surface area contributed by atoms with Gasteiger partial charge in [-0.15, -0.1) is 11.3 Å². The average Bonchev–Trinajstić information content (AvgIpc) is 3.10. The number of carbonyl (C=O) groups is 2. The average molecular weight is 314 g/mol. The van der Waals surface area contributed by atoms with E-state index in [0.717, 1.165) is 34.2 Å². The maximum absolute atomic E-state index is 12.3. The summed E-state index contributed by atoms with van der Waals surface area (Å²) in [5, 5.41) is 10.0. The van der Waals surface area contributed by atoms with Crippen LogP contribution in [0.1, 0.15) is 35.4 Å². The van der Waals surface area contributed by atoms with E-state index in [1.807, 2.05) is 36.4 Å². The number of fused-ring (bicyclic) bond motifs is 1. The third kappa shape index (κ3) is 3.28. The summed E-state index contributed by atoms with van der Waals surface area (Å²) in [6, 6.07) is 9.88. The predicted molar refractivity (Wildman–Crippen MR) is 88.4 cm³/mol. The van der Waals surface area contributed by atoms with Gasteiger partial charge in [0.2, 0.25) is 0 Å². The summed E-state index contributed by atoms with van der Waals surface area (Å²) in [6.45, 7) is 0. The number of hydrogen-bond donors (Lipinski definition) is 1. The molecule has 2 atom stereocenters. The second kappa shape index (κ2) is 6.44. The lowest BCUT2D eigenvalue weighted by Gasteiger charge is -2.13. The van der Waals surface area contributed by atoms with Crippen molar-refractivity contribution in [1.29, 1.82) is 0 Å². The highest BCUT2D eigenvalue weighted by molar-refractivity contribution is 7.20. The van der Waals surface area contributed by atoms with Crippen LogP contribution in [0.25, 0.3) is 10.1 Å². The van der Waals surface area contributed by atoms with Crippen molar-refractivity contribution < 1.29 is 14.7 Å². The summed E-state index contributed by atoms with van der Waals surface area (Å²) in [5.41, 5.74) is 0. The third-order valence-corrected chi connectivity index (χ3v) is 5.45. The minimum Gasteiger partial charge on any atom is -0.481 e. The standard InChI is InChI=1S/C18H18O3S/c19-15(17-10-14-4-1-2-7-16(14)22-17)9-8-12-5-3-6-13(12)11-18(20)21/h1-2,4,7-10,12-13H,3,5-6,11H2,(H,20,21)/b9-8+/t12?,13-/m1/s1. The van der Waals surface area contributed by atoms with Gasteiger partial charge in [0.05, 0.1) is 4.88 Å². The van der Waals surface area contributed by atoms with Crippen LogP contribution in [0, 0.1) is 11.8 Å². The molecule has 1 saturated carbocycles. The Morgan fingerprint density at radius 2 is 2.09 bits per heavy atom. The van der Waals surface area contributed by atoms with Gasteiger partial charge in [-0.25, -0.2) is 0 Å². The predicted octanol–water partition coefficient (Wildman–Crippen LogP) is 4.53. The number of hydrogen-bond acceptors (Lipinski definition) is 3. The molecule has 3 nitrogen and oxygen atoms in total. The lowest BCUT2D eigenvalue weighted by atomic mass is 9.92. The molecule has 1 aromatic heterocycles. The molecule has 1 N–H and O–H groups in total. The van der Waals surface area contributed by atoms with Crippen LogP contribution in [0.2, 0.25) is 0 Å². The lowest BCUT2D eigenvalue weighted by molar-refractivity contribution is -0.138. The Bertz CT molecular complexity index is 696. The van der Waals surface area contributed by atoms with E-state index in [2.05, 4.69) is 0 Å². The first kappa shape index (κ1) is 15.0. The van der Waals surface area contributed by atoms with Gasteiger partial charge >= 0.3 is 5.97 Å². The number of carbonyl (C=O) groups excluding carboxylic acids is 1. The van der Waals surface area contributed by atoms with Crippen LogP contribution in [0.15, 0.2) is 42.5 Å². The molecule has 0 amide bonds. The zero-order valence-corrected chi connectivity index (χ0v) is 13.0. The number of allylic oxidation sites excluding steroid dienone is 2. The van der Waals surface area contributed by atoms with Gasteiger partial charge in [-0.3, -0.25) is 9.59 Å². The highest BCUT2D eigenvalue weighted by Gasteiger charge is 2.27. The molecule has 0 bridgehead atoms. The second-order valence-electron chi connectivity index (χ2n) is 5.82. The fraction of sp³-hybridized carbons (Fsp3) is 0.333. The van der Waals surface area contributed by atoms with Crippen molar-refractivity contribution in [3.8, 4) is 0 Å². The van der Waals surface area contributed by atoms with Gasteiger partial charge in [0, 0.05) is 11.1 Å². The van der Waals surface area contributed by atoms with Crippen molar-refractivity contribution in [3.05, 3.63) is 47.4 Å². The van der Waals surface area contributed by atoms with Crippen molar-refractivity contribution in [2.45, 2.75) is 25.7 Å². The second-order valence-corrected chi connectivity index (χ2v) is 6.91. The van der Waals surface area contributed by atoms with E-state index in [1.54, 1.807) is 6.08 Å². The Balaban J connectivity index is 1.71. The van der Waals surface area contributed by atoms with Crippen LogP contribution < -0.4 is 0 Å². The fourth-order valence-corrected chi connectivity index (χ4v) is 4.18. The number of ketones is 1. The van der Waals surface area contributed by atoms with E-state index in [-0.39, 0.29) is 24.0 Å². The van der Waals surface area contributed by atoms with Crippen LogP contribution in [-0.4, -0.2) is 16.9 Å². The van der Waals surface area contributed by atoms with Crippen LogP contribution in [0.5, 0.6) is 0 Å². The number of benzene rings is 1. The van der Waals surface area contributed by atoms with Crippen molar-refractivity contribution in [2.24, 2.45) is 11.8 Å². The normalized spacial score (nSPS) is 21.6. The minimum atomic E-state index is -0.749. The molecule has 0 radical (unpaired) electrons. The molecule has 1 aromatic carbocycles. The number of thiophene rings is 1. The Hall–Kier alpha value is -1.94. The third-order valence-electron chi connectivity index (χ3n) is 4.32. The smallest absolute Gasteiger partial charge is 0.303 e. The molecule has 22 heavy (non-hydrogen) atoms. The highest BCUT2D eigenvalue weighted by atomic mass is 32.1. The molecule has 0 aliphatic heterocycles. The van der Waals surface area contributed by atoms with Crippen molar-refractivity contribution in [3.63, 3.8) is 0 Å². The van der Waals surface area contributed by atoms with E-state index < -0.39 is 5.97 Å². The van der Waals surface area contributed by atoms with E-state index in [0.29, 0.717) is 0 Å². The summed E-state index contributed by atoms with van der Waals surface area (Å²) in [7, 11) is 0. The summed E-state index contributed by atoms with van der Waals surface area (Å²) < 4.78 is 1.11. The SMILES string of the molecule is O=C(O)C[C@H]1CCCC1/C=C/C(=O)c1cc2ccccc2s1. The Kier molecular flexibility index (Phi) is 4.39. The number of rotatable bonds is 5. The van der Waals surface area contributed by atoms with Crippen LogP contribution in [-0.2, 0) is 4.79 Å². The molecule has 1 fully saturated rings. The first-order valence-corrected chi connectivity index (χ1v) is 8.38. The summed E-state index contributed by atoms with van der Waals surface area (Å²) >= 11 is 1.50. The first-order chi connectivity index (χ1) is 10.6. The summed E-state index contributed by atoms with van der Waals surface area (Å²) in [5.74, 6) is -0.346. The van der Waals surface area contributed by atoms with Crippen LogP contribution in [0.3, 0.4) is 0 Å². The van der Waals surface area contributed by atoms with Gasteiger partial charge in [-0.1, -0.05) is 30.7 Å². The molecule has 1 aliphatic rings. The summed E-state index contributed by atoms with van der Waals surface area (Å²) in [6.07, 6.45) is 6.73. The van der Waals surface area contributed by atoms with Crippen LogP contribution >= 0.6 is 11.3 Å². The Morgan fingerprint density at radius 1 is 1.27 bits per heavy atom. The number of aliphatic carboxylic acids is 1. The van der Waals surface area contributed by atoms with Gasteiger partial charge in [0.25, 0.3) is 0 Å². The molecule has 0 spiro atoms. The van der Waals surface area contributed by atoms with E-state index in [4.69, 9.17) is 5.11 Å². The van der Waals surface area contributed by atoms with Gasteiger partial charge in [0.15, 0.2) is 5.78 Å². The molecular weight excluding hydrogens is 296 g/mol. The number of carboxylic acids is 1. The molecule has 1 aliphatic carbocycles. The molecule has 3 rings (SSSR count). The Morgan fingerprint density at radius 3 is 2.86 bits per heavy atom.